The van der Waals surface area contributed by atoms with Gasteiger partial charge in [-0.25, -0.2) is 0 Å². The van der Waals surface area contributed by atoms with Gasteiger partial charge in [-0.1, -0.05) is 81.4 Å². The molecular weight excluding hydrogens is 228 g/mol. The van der Waals surface area contributed by atoms with Crippen LogP contribution in [-0.4, -0.2) is 0 Å². The third kappa shape index (κ3) is 5.74. The SMILES string of the molecule is CC.C[C@H](CCCc1ccccc1)c1ccccc1. The van der Waals surface area contributed by atoms with Gasteiger partial charge in [0.15, 0.2) is 0 Å². The van der Waals surface area contributed by atoms with Gasteiger partial charge < -0.3 is 0 Å². The van der Waals surface area contributed by atoms with E-state index in [2.05, 4.69) is 67.6 Å². The molecule has 19 heavy (non-hydrogen) atoms. The van der Waals surface area contributed by atoms with Crippen molar-refractivity contribution in [1.82, 2.24) is 0 Å². The maximum absolute atomic E-state index is 2.32. The van der Waals surface area contributed by atoms with E-state index in [-0.39, 0.29) is 0 Å². The largest absolute Gasteiger partial charge is 0.0683 e. The van der Waals surface area contributed by atoms with Crippen LogP contribution in [0.2, 0.25) is 0 Å². The van der Waals surface area contributed by atoms with E-state index in [9.17, 15) is 0 Å². The van der Waals surface area contributed by atoms with Crippen LogP contribution in [0, 0.1) is 0 Å². The zero-order valence-electron chi connectivity index (χ0n) is 12.5. The molecule has 102 valence electrons. The lowest BCUT2D eigenvalue weighted by molar-refractivity contribution is 0.633. The standard InChI is InChI=1S/C17H20.C2H6/c1-15(17-13-6-3-7-14-17)9-8-12-16-10-4-2-5-11-16;1-2/h2-7,10-11,13-15H,8-9,12H2,1H3;1-2H3/t15-;/m1./s1. The summed E-state index contributed by atoms with van der Waals surface area (Å²) in [5.74, 6) is 0.667. The number of benzene rings is 2. The number of hydrogen-bond donors (Lipinski definition) is 0. The second-order valence-electron chi connectivity index (χ2n) is 4.69. The van der Waals surface area contributed by atoms with Crippen molar-refractivity contribution < 1.29 is 0 Å². The first-order valence-electron chi connectivity index (χ1n) is 7.45. The summed E-state index contributed by atoms with van der Waals surface area (Å²) in [4.78, 5) is 0. The van der Waals surface area contributed by atoms with Gasteiger partial charge in [0, 0.05) is 0 Å². The average Bonchev–Trinajstić information content (AvgIpc) is 2.51. The first-order chi connectivity index (χ1) is 9.36. The monoisotopic (exact) mass is 254 g/mol. The fourth-order valence-electron chi connectivity index (χ4n) is 2.21. The summed E-state index contributed by atoms with van der Waals surface area (Å²) in [5, 5.41) is 0. The Balaban J connectivity index is 0.000000861. The molecule has 0 N–H and O–H groups in total. The van der Waals surface area contributed by atoms with Crippen LogP contribution < -0.4 is 0 Å². The van der Waals surface area contributed by atoms with Crippen LogP contribution in [0.3, 0.4) is 0 Å². The Kier molecular flexibility index (Phi) is 7.65. The van der Waals surface area contributed by atoms with Gasteiger partial charge in [-0.3, -0.25) is 0 Å². The first-order valence-corrected chi connectivity index (χ1v) is 7.45. The second kappa shape index (κ2) is 9.38. The molecule has 0 heterocycles. The molecule has 0 aliphatic rings. The van der Waals surface area contributed by atoms with Crippen molar-refractivity contribution in [3.05, 3.63) is 71.8 Å². The number of aryl methyl sites for hydroxylation is 1. The minimum Gasteiger partial charge on any atom is -0.0683 e. The second-order valence-corrected chi connectivity index (χ2v) is 4.69. The summed E-state index contributed by atoms with van der Waals surface area (Å²) in [7, 11) is 0. The summed E-state index contributed by atoms with van der Waals surface area (Å²) < 4.78 is 0. The number of hydrogen-bond acceptors (Lipinski definition) is 0. The quantitative estimate of drug-likeness (QED) is 0.629. The molecular formula is C19H26. The lowest BCUT2D eigenvalue weighted by Crippen LogP contribution is -1.94. The molecule has 2 rings (SSSR count). The molecule has 0 saturated heterocycles. The summed E-state index contributed by atoms with van der Waals surface area (Å²) in [6.45, 7) is 6.32. The summed E-state index contributed by atoms with van der Waals surface area (Å²) >= 11 is 0. The highest BCUT2D eigenvalue weighted by molar-refractivity contribution is 5.19. The zero-order valence-corrected chi connectivity index (χ0v) is 12.5. The van der Waals surface area contributed by atoms with E-state index in [1.54, 1.807) is 0 Å². The van der Waals surface area contributed by atoms with Crippen molar-refractivity contribution in [3.8, 4) is 0 Å². The van der Waals surface area contributed by atoms with E-state index < -0.39 is 0 Å². The maximum atomic E-state index is 2.32. The number of rotatable bonds is 5. The average molecular weight is 254 g/mol. The first kappa shape index (κ1) is 15.5. The van der Waals surface area contributed by atoms with E-state index in [4.69, 9.17) is 0 Å². The molecule has 0 aromatic heterocycles. The molecule has 2 aromatic rings. The van der Waals surface area contributed by atoms with Crippen LogP contribution in [-0.2, 0) is 6.42 Å². The summed E-state index contributed by atoms with van der Waals surface area (Å²) in [5.41, 5.74) is 2.91. The van der Waals surface area contributed by atoms with E-state index in [0.29, 0.717) is 5.92 Å². The molecule has 0 spiro atoms. The Bertz CT molecular complexity index is 416. The topological polar surface area (TPSA) is 0 Å². The molecule has 0 heteroatoms. The van der Waals surface area contributed by atoms with Crippen molar-refractivity contribution in [2.45, 2.75) is 46.0 Å². The fourth-order valence-corrected chi connectivity index (χ4v) is 2.21. The zero-order chi connectivity index (χ0) is 13.9. The van der Waals surface area contributed by atoms with Gasteiger partial charge in [-0.15, -0.1) is 0 Å². The molecule has 0 fully saturated rings. The van der Waals surface area contributed by atoms with Crippen molar-refractivity contribution in [3.63, 3.8) is 0 Å². The normalized spacial score (nSPS) is 11.3. The molecule has 0 unspecified atom stereocenters. The molecule has 0 nitrogen and oxygen atoms in total. The third-order valence-electron chi connectivity index (χ3n) is 3.31. The molecule has 1 atom stereocenters. The fraction of sp³-hybridized carbons (Fsp3) is 0.368. The highest BCUT2D eigenvalue weighted by Gasteiger charge is 2.04. The van der Waals surface area contributed by atoms with Crippen LogP contribution in [0.1, 0.15) is 50.7 Å². The smallest absolute Gasteiger partial charge is 0.0190 e. The van der Waals surface area contributed by atoms with Crippen LogP contribution in [0.4, 0.5) is 0 Å². The van der Waals surface area contributed by atoms with Crippen molar-refractivity contribution in [2.24, 2.45) is 0 Å². The van der Waals surface area contributed by atoms with E-state index in [0.717, 1.165) is 0 Å². The summed E-state index contributed by atoms with van der Waals surface area (Å²) in [6, 6.07) is 21.6. The molecule has 0 amide bonds. The van der Waals surface area contributed by atoms with Crippen LogP contribution in [0.5, 0.6) is 0 Å². The molecule has 2 aromatic carbocycles. The van der Waals surface area contributed by atoms with Gasteiger partial charge in [-0.05, 0) is 36.3 Å². The maximum Gasteiger partial charge on any atom is -0.0190 e. The molecule has 0 bridgehead atoms. The van der Waals surface area contributed by atoms with E-state index >= 15 is 0 Å². The Morgan fingerprint density at radius 2 is 1.32 bits per heavy atom. The van der Waals surface area contributed by atoms with Gasteiger partial charge in [0.1, 0.15) is 0 Å². The Morgan fingerprint density at radius 1 is 0.789 bits per heavy atom. The van der Waals surface area contributed by atoms with Crippen LogP contribution >= 0.6 is 0 Å². The van der Waals surface area contributed by atoms with Crippen molar-refractivity contribution in [2.75, 3.05) is 0 Å². The molecule has 0 aliphatic heterocycles. The van der Waals surface area contributed by atoms with Gasteiger partial charge in [0.05, 0.1) is 0 Å². The van der Waals surface area contributed by atoms with Gasteiger partial charge in [-0.2, -0.15) is 0 Å². The molecule has 0 aliphatic carbocycles. The molecule has 0 saturated carbocycles. The predicted molar refractivity (Wildman–Crippen MR) is 85.6 cm³/mol. The van der Waals surface area contributed by atoms with Crippen molar-refractivity contribution in [1.29, 1.82) is 0 Å². The lowest BCUT2D eigenvalue weighted by Gasteiger charge is -2.11. The molecule has 0 radical (unpaired) electrons. The van der Waals surface area contributed by atoms with Gasteiger partial charge >= 0.3 is 0 Å². The highest BCUT2D eigenvalue weighted by atomic mass is 14.1. The highest BCUT2D eigenvalue weighted by Crippen LogP contribution is 2.21. The van der Waals surface area contributed by atoms with Gasteiger partial charge in [0.2, 0.25) is 0 Å². The predicted octanol–water partition coefficient (Wildman–Crippen LogP) is 5.84. The van der Waals surface area contributed by atoms with Crippen molar-refractivity contribution >= 4 is 0 Å². The van der Waals surface area contributed by atoms with Crippen LogP contribution in [0.25, 0.3) is 0 Å². The van der Waals surface area contributed by atoms with Gasteiger partial charge in [0.25, 0.3) is 0 Å². The lowest BCUT2D eigenvalue weighted by atomic mass is 9.94. The third-order valence-corrected chi connectivity index (χ3v) is 3.31. The summed E-state index contributed by atoms with van der Waals surface area (Å²) in [6.07, 6.45) is 3.72. The van der Waals surface area contributed by atoms with E-state index in [1.165, 1.54) is 30.4 Å². The van der Waals surface area contributed by atoms with E-state index in [1.807, 2.05) is 13.8 Å². The van der Waals surface area contributed by atoms with Crippen LogP contribution in [0.15, 0.2) is 60.7 Å². The minimum atomic E-state index is 0.667. The Hall–Kier alpha value is -1.56. The Morgan fingerprint density at radius 3 is 1.89 bits per heavy atom. The minimum absolute atomic E-state index is 0.667. The Labute approximate surface area is 118 Å².